The van der Waals surface area contributed by atoms with Gasteiger partial charge in [0.2, 0.25) is 0 Å². The van der Waals surface area contributed by atoms with E-state index in [9.17, 15) is 0 Å². The number of aryl methyl sites for hydroxylation is 3. The van der Waals surface area contributed by atoms with Crippen LogP contribution in [-0.2, 0) is 0 Å². The molecule has 0 aliphatic heterocycles. The van der Waals surface area contributed by atoms with Crippen molar-refractivity contribution in [3.63, 3.8) is 0 Å². The van der Waals surface area contributed by atoms with Crippen molar-refractivity contribution < 1.29 is 0 Å². The van der Waals surface area contributed by atoms with E-state index in [1.807, 2.05) is 0 Å². The fourth-order valence-electron chi connectivity index (χ4n) is 6.80. The Kier molecular flexibility index (Phi) is 4.93. The first-order chi connectivity index (χ1) is 19.6. The van der Waals surface area contributed by atoms with Gasteiger partial charge < -0.3 is 4.57 Å². The van der Waals surface area contributed by atoms with E-state index in [4.69, 9.17) is 0 Å². The number of rotatable bonds is 1. The Morgan fingerprint density at radius 2 is 0.825 bits per heavy atom. The van der Waals surface area contributed by atoms with Crippen LogP contribution in [0.3, 0.4) is 0 Å². The first kappa shape index (κ1) is 23.0. The van der Waals surface area contributed by atoms with Gasteiger partial charge in [-0.05, 0) is 88.5 Å². The molecule has 190 valence electrons. The maximum atomic E-state index is 2.51. The van der Waals surface area contributed by atoms with Gasteiger partial charge in [-0.2, -0.15) is 0 Å². The minimum atomic E-state index is 1.24. The Labute approximate surface area is 235 Å². The summed E-state index contributed by atoms with van der Waals surface area (Å²) in [5, 5.41) is 2.57. The summed E-state index contributed by atoms with van der Waals surface area (Å²) in [4.78, 5) is 0. The third-order valence-corrected chi connectivity index (χ3v) is 8.81. The molecule has 1 aromatic heterocycles. The Morgan fingerprint density at radius 1 is 0.375 bits per heavy atom. The molecule has 6 aromatic carbocycles. The Bertz CT molecular complexity index is 2090. The average molecular weight is 512 g/mol. The lowest BCUT2D eigenvalue weighted by Gasteiger charge is -2.27. The molecule has 0 spiro atoms. The third kappa shape index (κ3) is 3.15. The SMILES string of the molecule is Cc1cc2c(cc1C)-c1c(ccc(C)c1-n1c3ccccc3c3ccccc31)-c1ccccc1-c1ccccc1-2. The first-order valence-electron chi connectivity index (χ1n) is 14.0. The highest BCUT2D eigenvalue weighted by Gasteiger charge is 2.27. The zero-order valence-electron chi connectivity index (χ0n) is 23.0. The minimum absolute atomic E-state index is 1.24. The van der Waals surface area contributed by atoms with E-state index in [1.165, 1.54) is 88.7 Å². The number of fused-ring (bicyclic) bond motifs is 11. The van der Waals surface area contributed by atoms with Crippen molar-refractivity contribution >= 4 is 21.8 Å². The van der Waals surface area contributed by atoms with Gasteiger partial charge in [0, 0.05) is 16.3 Å². The van der Waals surface area contributed by atoms with Gasteiger partial charge in [-0.15, -0.1) is 0 Å². The number of hydrogen-bond donors (Lipinski definition) is 0. The highest BCUT2D eigenvalue weighted by molar-refractivity contribution is 6.12. The van der Waals surface area contributed by atoms with Crippen LogP contribution in [0.1, 0.15) is 16.7 Å². The number of hydrogen-bond acceptors (Lipinski definition) is 0. The molecule has 0 saturated heterocycles. The summed E-state index contributed by atoms with van der Waals surface area (Å²) in [6, 6.07) is 45.0. The second-order valence-corrected chi connectivity index (χ2v) is 11.1. The minimum Gasteiger partial charge on any atom is -0.308 e. The highest BCUT2D eigenvalue weighted by atomic mass is 15.0. The molecule has 1 heteroatoms. The van der Waals surface area contributed by atoms with Crippen LogP contribution in [0.2, 0.25) is 0 Å². The van der Waals surface area contributed by atoms with Crippen LogP contribution in [-0.4, -0.2) is 4.57 Å². The lowest BCUT2D eigenvalue weighted by molar-refractivity contribution is 1.15. The number of aromatic nitrogens is 1. The Balaban J connectivity index is 1.63. The van der Waals surface area contributed by atoms with Gasteiger partial charge in [-0.1, -0.05) is 109 Å². The number of nitrogens with zero attached hydrogens (tertiary/aromatic N) is 1. The third-order valence-electron chi connectivity index (χ3n) is 8.81. The van der Waals surface area contributed by atoms with Gasteiger partial charge in [-0.3, -0.25) is 0 Å². The molecule has 0 bridgehead atoms. The molecule has 40 heavy (non-hydrogen) atoms. The van der Waals surface area contributed by atoms with Crippen LogP contribution in [0.15, 0.2) is 121 Å². The molecule has 0 unspecified atom stereocenters. The zero-order valence-corrected chi connectivity index (χ0v) is 23.0. The molecular formula is C39H29N. The standard InChI is InChI=1S/C39H29N/c1-24-20-21-33-29-14-6-4-12-27(29)28-13-5-7-15-30(28)34-22-25(2)26(3)23-35(34)38(33)39(24)40-36-18-10-8-16-31(36)32-17-9-11-19-37(32)40/h4-23H,1-3H3. The van der Waals surface area contributed by atoms with Gasteiger partial charge in [0.15, 0.2) is 0 Å². The van der Waals surface area contributed by atoms with Gasteiger partial charge >= 0.3 is 0 Å². The zero-order chi connectivity index (χ0) is 27.0. The van der Waals surface area contributed by atoms with Crippen molar-refractivity contribution in [2.75, 3.05) is 0 Å². The molecule has 0 N–H and O–H groups in total. The molecule has 0 amide bonds. The highest BCUT2D eigenvalue weighted by Crippen LogP contribution is 2.51. The Morgan fingerprint density at radius 3 is 1.40 bits per heavy atom. The van der Waals surface area contributed by atoms with E-state index in [0.717, 1.165) is 0 Å². The van der Waals surface area contributed by atoms with Gasteiger partial charge in [0.05, 0.1) is 16.7 Å². The van der Waals surface area contributed by atoms with Crippen LogP contribution < -0.4 is 0 Å². The van der Waals surface area contributed by atoms with Crippen LogP contribution in [0.4, 0.5) is 0 Å². The number of benzene rings is 6. The molecule has 0 fully saturated rings. The van der Waals surface area contributed by atoms with Crippen molar-refractivity contribution in [1.29, 1.82) is 0 Å². The summed E-state index contributed by atoms with van der Waals surface area (Å²) in [5.41, 5.74) is 17.9. The molecule has 1 aliphatic carbocycles. The maximum absolute atomic E-state index is 2.51. The smallest absolute Gasteiger partial charge is 0.0576 e. The normalized spacial score (nSPS) is 11.9. The Hall–Kier alpha value is -4.88. The second-order valence-electron chi connectivity index (χ2n) is 11.1. The van der Waals surface area contributed by atoms with E-state index < -0.39 is 0 Å². The van der Waals surface area contributed by atoms with Crippen molar-refractivity contribution in [2.45, 2.75) is 20.8 Å². The molecule has 0 radical (unpaired) electrons. The van der Waals surface area contributed by atoms with Crippen LogP contribution in [0.5, 0.6) is 0 Å². The van der Waals surface area contributed by atoms with Crippen molar-refractivity contribution in [2.24, 2.45) is 0 Å². The summed E-state index contributed by atoms with van der Waals surface area (Å²) in [6.45, 7) is 6.73. The molecule has 0 atom stereocenters. The molecular weight excluding hydrogens is 482 g/mol. The van der Waals surface area contributed by atoms with Crippen LogP contribution in [0, 0.1) is 20.8 Å². The molecule has 1 nitrogen and oxygen atoms in total. The average Bonchev–Trinajstić information content (AvgIpc) is 3.32. The van der Waals surface area contributed by atoms with Crippen molar-refractivity contribution in [3.05, 3.63) is 138 Å². The molecule has 8 rings (SSSR count). The lowest BCUT2D eigenvalue weighted by Crippen LogP contribution is -2.05. The molecule has 7 aromatic rings. The maximum Gasteiger partial charge on any atom is 0.0576 e. The summed E-state index contributed by atoms with van der Waals surface area (Å²) in [5.74, 6) is 0. The van der Waals surface area contributed by atoms with E-state index in [0.29, 0.717) is 0 Å². The summed E-state index contributed by atoms with van der Waals surface area (Å²) < 4.78 is 2.51. The van der Waals surface area contributed by atoms with E-state index in [-0.39, 0.29) is 0 Å². The summed E-state index contributed by atoms with van der Waals surface area (Å²) in [7, 11) is 0. The van der Waals surface area contributed by atoms with Crippen molar-refractivity contribution in [3.8, 4) is 50.2 Å². The van der Waals surface area contributed by atoms with E-state index in [1.54, 1.807) is 0 Å². The van der Waals surface area contributed by atoms with Crippen LogP contribution in [0.25, 0.3) is 72.0 Å². The predicted molar refractivity (Wildman–Crippen MR) is 170 cm³/mol. The lowest BCUT2D eigenvalue weighted by atomic mass is 9.78. The van der Waals surface area contributed by atoms with Crippen molar-refractivity contribution in [1.82, 2.24) is 4.57 Å². The predicted octanol–water partition coefficient (Wildman–Crippen LogP) is 10.7. The largest absolute Gasteiger partial charge is 0.308 e. The van der Waals surface area contributed by atoms with Crippen LogP contribution >= 0.6 is 0 Å². The number of para-hydroxylation sites is 2. The van der Waals surface area contributed by atoms with E-state index in [2.05, 4.69) is 147 Å². The summed E-state index contributed by atoms with van der Waals surface area (Å²) >= 11 is 0. The second kappa shape index (κ2) is 8.56. The van der Waals surface area contributed by atoms with E-state index >= 15 is 0 Å². The quantitative estimate of drug-likeness (QED) is 0.206. The van der Waals surface area contributed by atoms with Gasteiger partial charge in [0.25, 0.3) is 0 Å². The van der Waals surface area contributed by atoms with Gasteiger partial charge in [-0.25, -0.2) is 0 Å². The topological polar surface area (TPSA) is 4.93 Å². The monoisotopic (exact) mass is 511 g/mol. The molecule has 1 heterocycles. The summed E-state index contributed by atoms with van der Waals surface area (Å²) in [6.07, 6.45) is 0. The fraction of sp³-hybridized carbons (Fsp3) is 0.0769. The molecule has 0 saturated carbocycles. The first-order valence-corrected chi connectivity index (χ1v) is 14.0. The fourth-order valence-corrected chi connectivity index (χ4v) is 6.80. The molecule has 1 aliphatic rings. The van der Waals surface area contributed by atoms with Gasteiger partial charge in [0.1, 0.15) is 0 Å².